The number of hydrogen-bond acceptors (Lipinski definition) is 2. The molecule has 1 heterocycles. The van der Waals surface area contributed by atoms with Gasteiger partial charge >= 0.3 is 0 Å². The molecule has 0 bridgehead atoms. The Labute approximate surface area is 105 Å². The van der Waals surface area contributed by atoms with Crippen LogP contribution in [0.4, 0.5) is 0 Å². The van der Waals surface area contributed by atoms with E-state index in [1.54, 1.807) is 6.20 Å². The van der Waals surface area contributed by atoms with Crippen LogP contribution in [0.15, 0.2) is 60.8 Å². The SMILES string of the molecule is N#Cc1cccc2c(-c3ccccc3)nccc12. The Kier molecular flexibility index (Phi) is 2.51. The van der Waals surface area contributed by atoms with Crippen LogP contribution in [0.3, 0.4) is 0 Å². The van der Waals surface area contributed by atoms with Crippen molar-refractivity contribution in [2.24, 2.45) is 0 Å². The second-order valence-electron chi connectivity index (χ2n) is 4.04. The highest BCUT2D eigenvalue weighted by molar-refractivity contribution is 5.97. The molecule has 0 fully saturated rings. The number of pyridine rings is 1. The maximum absolute atomic E-state index is 9.13. The molecule has 0 spiro atoms. The van der Waals surface area contributed by atoms with Gasteiger partial charge in [0.2, 0.25) is 0 Å². The summed E-state index contributed by atoms with van der Waals surface area (Å²) in [6.07, 6.45) is 1.76. The van der Waals surface area contributed by atoms with Gasteiger partial charge in [0.1, 0.15) is 0 Å². The molecule has 0 saturated heterocycles. The molecule has 0 aliphatic heterocycles. The summed E-state index contributed by atoms with van der Waals surface area (Å²) in [5.41, 5.74) is 2.68. The molecule has 18 heavy (non-hydrogen) atoms. The summed E-state index contributed by atoms with van der Waals surface area (Å²) in [5.74, 6) is 0. The lowest BCUT2D eigenvalue weighted by Crippen LogP contribution is -1.87. The predicted molar refractivity (Wildman–Crippen MR) is 71.9 cm³/mol. The second kappa shape index (κ2) is 4.31. The van der Waals surface area contributed by atoms with Gasteiger partial charge in [0.05, 0.1) is 17.3 Å². The summed E-state index contributed by atoms with van der Waals surface area (Å²) < 4.78 is 0. The monoisotopic (exact) mass is 230 g/mol. The van der Waals surface area contributed by atoms with Crippen LogP contribution in [0.25, 0.3) is 22.0 Å². The Morgan fingerprint density at radius 1 is 0.833 bits per heavy atom. The van der Waals surface area contributed by atoms with Crippen LogP contribution in [-0.4, -0.2) is 4.98 Å². The first kappa shape index (κ1) is 10.5. The first-order valence-electron chi connectivity index (χ1n) is 5.73. The minimum absolute atomic E-state index is 0.687. The Balaban J connectivity index is 2.36. The van der Waals surface area contributed by atoms with Crippen molar-refractivity contribution in [3.8, 4) is 17.3 Å². The maximum Gasteiger partial charge on any atom is 0.0998 e. The molecule has 0 aliphatic rings. The molecule has 2 heteroatoms. The lowest BCUT2D eigenvalue weighted by molar-refractivity contribution is 1.35. The van der Waals surface area contributed by atoms with Crippen molar-refractivity contribution in [1.82, 2.24) is 4.98 Å². The number of nitriles is 1. The standard InChI is InChI=1S/C16H10N2/c17-11-13-7-4-8-15-14(13)9-10-18-16(15)12-5-2-1-3-6-12/h1-10H. The largest absolute Gasteiger partial charge is 0.256 e. The third-order valence-electron chi connectivity index (χ3n) is 2.97. The third-order valence-corrected chi connectivity index (χ3v) is 2.97. The predicted octanol–water partition coefficient (Wildman–Crippen LogP) is 3.77. The van der Waals surface area contributed by atoms with Crippen LogP contribution in [-0.2, 0) is 0 Å². The molecular formula is C16H10N2. The van der Waals surface area contributed by atoms with Crippen molar-refractivity contribution < 1.29 is 0 Å². The van der Waals surface area contributed by atoms with E-state index in [0.717, 1.165) is 22.0 Å². The molecule has 0 saturated carbocycles. The molecular weight excluding hydrogens is 220 g/mol. The van der Waals surface area contributed by atoms with E-state index < -0.39 is 0 Å². The number of nitrogens with zero attached hydrogens (tertiary/aromatic N) is 2. The molecule has 84 valence electrons. The zero-order chi connectivity index (χ0) is 12.4. The zero-order valence-electron chi connectivity index (χ0n) is 9.67. The van der Waals surface area contributed by atoms with Crippen LogP contribution in [0.5, 0.6) is 0 Å². The maximum atomic E-state index is 9.13. The van der Waals surface area contributed by atoms with E-state index in [-0.39, 0.29) is 0 Å². The quantitative estimate of drug-likeness (QED) is 0.638. The molecule has 3 rings (SSSR count). The zero-order valence-corrected chi connectivity index (χ0v) is 9.67. The fourth-order valence-corrected chi connectivity index (χ4v) is 2.13. The summed E-state index contributed by atoms with van der Waals surface area (Å²) in [6.45, 7) is 0. The number of hydrogen-bond donors (Lipinski definition) is 0. The fourth-order valence-electron chi connectivity index (χ4n) is 2.13. The number of rotatable bonds is 1. The third kappa shape index (κ3) is 1.63. The normalized spacial score (nSPS) is 10.2. The minimum Gasteiger partial charge on any atom is -0.256 e. The van der Waals surface area contributed by atoms with Crippen molar-refractivity contribution in [2.75, 3.05) is 0 Å². The molecule has 3 aromatic rings. The van der Waals surface area contributed by atoms with Crippen molar-refractivity contribution in [1.29, 1.82) is 5.26 Å². The minimum atomic E-state index is 0.687. The Morgan fingerprint density at radius 3 is 2.44 bits per heavy atom. The van der Waals surface area contributed by atoms with Gasteiger partial charge < -0.3 is 0 Å². The molecule has 2 nitrogen and oxygen atoms in total. The van der Waals surface area contributed by atoms with E-state index in [1.165, 1.54) is 0 Å². The van der Waals surface area contributed by atoms with Gasteiger partial charge in [0.25, 0.3) is 0 Å². The molecule has 0 amide bonds. The number of aromatic nitrogens is 1. The Hall–Kier alpha value is -2.66. The van der Waals surface area contributed by atoms with Crippen molar-refractivity contribution in [3.63, 3.8) is 0 Å². The molecule has 2 aromatic carbocycles. The Bertz CT molecular complexity index is 740. The van der Waals surface area contributed by atoms with Gasteiger partial charge in [-0.25, -0.2) is 0 Å². The fraction of sp³-hybridized carbons (Fsp3) is 0. The van der Waals surface area contributed by atoms with Crippen LogP contribution in [0.2, 0.25) is 0 Å². The van der Waals surface area contributed by atoms with E-state index in [2.05, 4.69) is 11.1 Å². The second-order valence-corrected chi connectivity index (χ2v) is 4.04. The van der Waals surface area contributed by atoms with Crippen molar-refractivity contribution in [3.05, 3.63) is 66.4 Å². The van der Waals surface area contributed by atoms with Gasteiger partial charge in [-0.05, 0) is 12.1 Å². The molecule has 0 N–H and O–H groups in total. The van der Waals surface area contributed by atoms with E-state index >= 15 is 0 Å². The lowest BCUT2D eigenvalue weighted by atomic mass is 10.0. The highest BCUT2D eigenvalue weighted by Gasteiger charge is 2.06. The van der Waals surface area contributed by atoms with Gasteiger partial charge in [-0.15, -0.1) is 0 Å². The van der Waals surface area contributed by atoms with Gasteiger partial charge in [0.15, 0.2) is 0 Å². The summed E-state index contributed by atoms with van der Waals surface area (Å²) in [5, 5.41) is 11.1. The van der Waals surface area contributed by atoms with Gasteiger partial charge in [-0.2, -0.15) is 5.26 Å². The van der Waals surface area contributed by atoms with Gasteiger partial charge in [-0.1, -0.05) is 42.5 Å². The van der Waals surface area contributed by atoms with Crippen LogP contribution < -0.4 is 0 Å². The first-order valence-corrected chi connectivity index (χ1v) is 5.73. The average Bonchev–Trinajstić information content (AvgIpc) is 2.47. The molecule has 0 aliphatic carbocycles. The smallest absolute Gasteiger partial charge is 0.0998 e. The molecule has 0 radical (unpaired) electrons. The summed E-state index contributed by atoms with van der Waals surface area (Å²) in [7, 11) is 0. The van der Waals surface area contributed by atoms with E-state index in [9.17, 15) is 0 Å². The molecule has 0 atom stereocenters. The van der Waals surface area contributed by atoms with Crippen molar-refractivity contribution >= 4 is 10.8 Å². The highest BCUT2D eigenvalue weighted by atomic mass is 14.7. The summed E-state index contributed by atoms with van der Waals surface area (Å²) >= 11 is 0. The van der Waals surface area contributed by atoms with Crippen LogP contribution in [0, 0.1) is 11.3 Å². The summed E-state index contributed by atoms with van der Waals surface area (Å²) in [4.78, 5) is 4.44. The van der Waals surface area contributed by atoms with Gasteiger partial charge in [0, 0.05) is 22.5 Å². The lowest BCUT2D eigenvalue weighted by Gasteiger charge is -2.06. The van der Waals surface area contributed by atoms with Crippen molar-refractivity contribution in [2.45, 2.75) is 0 Å². The number of fused-ring (bicyclic) bond motifs is 1. The van der Waals surface area contributed by atoms with Crippen LogP contribution in [0.1, 0.15) is 5.56 Å². The average molecular weight is 230 g/mol. The molecule has 1 aromatic heterocycles. The highest BCUT2D eigenvalue weighted by Crippen LogP contribution is 2.27. The topological polar surface area (TPSA) is 36.7 Å². The summed E-state index contributed by atoms with van der Waals surface area (Å²) in [6, 6.07) is 19.9. The Morgan fingerprint density at radius 2 is 1.67 bits per heavy atom. The van der Waals surface area contributed by atoms with E-state index in [1.807, 2.05) is 54.6 Å². The van der Waals surface area contributed by atoms with E-state index in [4.69, 9.17) is 5.26 Å². The van der Waals surface area contributed by atoms with E-state index in [0.29, 0.717) is 5.56 Å². The molecule has 0 unspecified atom stereocenters. The first-order chi connectivity index (χ1) is 8.90. The van der Waals surface area contributed by atoms with Crippen LogP contribution >= 0.6 is 0 Å². The number of benzene rings is 2. The van der Waals surface area contributed by atoms with Gasteiger partial charge in [-0.3, -0.25) is 4.98 Å².